The van der Waals surface area contributed by atoms with Crippen LogP contribution in [0.5, 0.6) is 11.5 Å². The number of hydrogen-bond donors (Lipinski definition) is 1. The van der Waals surface area contributed by atoms with Gasteiger partial charge in [0.25, 0.3) is 0 Å². The van der Waals surface area contributed by atoms with Crippen molar-refractivity contribution in [2.45, 2.75) is 24.8 Å². The van der Waals surface area contributed by atoms with E-state index < -0.39 is 5.41 Å². The molecule has 112 valence electrons. The highest BCUT2D eigenvalue weighted by molar-refractivity contribution is 5.91. The SMILES string of the molecule is O=C(NCc1ccncc1)C1(c2ccc3c(c2)OCO3)CC1. The Morgan fingerprint density at radius 1 is 1.14 bits per heavy atom. The maximum atomic E-state index is 12.6. The maximum absolute atomic E-state index is 12.6. The Kier molecular flexibility index (Phi) is 2.99. The number of carbonyl (C=O) groups is 1. The lowest BCUT2D eigenvalue weighted by atomic mass is 9.94. The van der Waals surface area contributed by atoms with Gasteiger partial charge in [-0.15, -0.1) is 0 Å². The molecule has 5 nitrogen and oxygen atoms in total. The van der Waals surface area contributed by atoms with Crippen LogP contribution in [0, 0.1) is 0 Å². The van der Waals surface area contributed by atoms with Gasteiger partial charge in [-0.25, -0.2) is 0 Å². The van der Waals surface area contributed by atoms with Crippen molar-refractivity contribution in [2.24, 2.45) is 0 Å². The number of fused-ring (bicyclic) bond motifs is 1. The second-order valence-corrected chi connectivity index (χ2v) is 5.69. The molecule has 1 N–H and O–H groups in total. The van der Waals surface area contributed by atoms with E-state index in [1.165, 1.54) is 0 Å². The molecule has 1 aliphatic heterocycles. The first-order valence-corrected chi connectivity index (χ1v) is 7.35. The van der Waals surface area contributed by atoms with E-state index in [4.69, 9.17) is 9.47 Å². The summed E-state index contributed by atoms with van der Waals surface area (Å²) in [6, 6.07) is 9.59. The van der Waals surface area contributed by atoms with Crippen LogP contribution in [0.25, 0.3) is 0 Å². The molecular formula is C17H16N2O3. The van der Waals surface area contributed by atoms with Crippen molar-refractivity contribution >= 4 is 5.91 Å². The van der Waals surface area contributed by atoms with Crippen LogP contribution in [0.4, 0.5) is 0 Å². The monoisotopic (exact) mass is 296 g/mol. The zero-order chi connectivity index (χ0) is 15.0. The molecule has 2 heterocycles. The molecule has 1 saturated carbocycles. The van der Waals surface area contributed by atoms with Gasteiger partial charge in [-0.1, -0.05) is 6.07 Å². The molecule has 1 fully saturated rings. The van der Waals surface area contributed by atoms with Gasteiger partial charge in [0.2, 0.25) is 12.7 Å². The van der Waals surface area contributed by atoms with Crippen LogP contribution in [-0.2, 0) is 16.8 Å². The van der Waals surface area contributed by atoms with E-state index in [9.17, 15) is 4.79 Å². The zero-order valence-corrected chi connectivity index (χ0v) is 12.0. The number of amides is 1. The Hall–Kier alpha value is -2.56. The third kappa shape index (κ3) is 2.19. The van der Waals surface area contributed by atoms with Crippen LogP contribution in [0.2, 0.25) is 0 Å². The summed E-state index contributed by atoms with van der Waals surface area (Å²) < 4.78 is 10.7. The number of benzene rings is 1. The number of carbonyl (C=O) groups excluding carboxylic acids is 1. The van der Waals surface area contributed by atoms with Crippen molar-refractivity contribution < 1.29 is 14.3 Å². The number of nitrogens with one attached hydrogen (secondary N) is 1. The van der Waals surface area contributed by atoms with Crippen molar-refractivity contribution in [1.29, 1.82) is 0 Å². The standard InChI is InChI=1S/C17H16N2O3/c20-16(19-10-12-3-7-18-8-4-12)17(5-6-17)13-1-2-14-15(9-13)22-11-21-14/h1-4,7-9H,5-6,10-11H2,(H,19,20). The third-order valence-corrected chi connectivity index (χ3v) is 4.31. The Balaban J connectivity index is 1.50. The minimum Gasteiger partial charge on any atom is -0.454 e. The predicted octanol–water partition coefficient (Wildman–Crippen LogP) is 2.16. The Bertz CT molecular complexity index is 711. The van der Waals surface area contributed by atoms with E-state index in [1.807, 2.05) is 30.3 Å². The van der Waals surface area contributed by atoms with Gasteiger partial charge >= 0.3 is 0 Å². The molecule has 4 rings (SSSR count). The smallest absolute Gasteiger partial charge is 0.231 e. The van der Waals surface area contributed by atoms with Gasteiger partial charge in [-0.05, 0) is 48.2 Å². The summed E-state index contributed by atoms with van der Waals surface area (Å²) in [6.07, 6.45) is 5.20. The molecule has 1 aliphatic carbocycles. The van der Waals surface area contributed by atoms with Gasteiger partial charge in [-0.2, -0.15) is 0 Å². The summed E-state index contributed by atoms with van der Waals surface area (Å²) in [5, 5.41) is 3.03. The molecule has 0 saturated heterocycles. The summed E-state index contributed by atoms with van der Waals surface area (Å²) in [4.78, 5) is 16.6. The van der Waals surface area contributed by atoms with Gasteiger partial charge in [0.05, 0.1) is 5.41 Å². The minimum absolute atomic E-state index is 0.0724. The van der Waals surface area contributed by atoms with Gasteiger partial charge in [0.15, 0.2) is 11.5 Å². The normalized spacial score (nSPS) is 17.1. The highest BCUT2D eigenvalue weighted by Gasteiger charge is 2.51. The zero-order valence-electron chi connectivity index (χ0n) is 12.0. The molecule has 0 spiro atoms. The van der Waals surface area contributed by atoms with Crippen LogP contribution in [-0.4, -0.2) is 17.7 Å². The Morgan fingerprint density at radius 2 is 1.91 bits per heavy atom. The van der Waals surface area contributed by atoms with Crippen molar-refractivity contribution in [1.82, 2.24) is 10.3 Å². The predicted molar refractivity (Wildman–Crippen MR) is 79.6 cm³/mol. The second kappa shape index (κ2) is 5.02. The molecule has 2 aromatic rings. The largest absolute Gasteiger partial charge is 0.454 e. The highest BCUT2D eigenvalue weighted by Crippen LogP contribution is 2.50. The second-order valence-electron chi connectivity index (χ2n) is 5.69. The summed E-state index contributed by atoms with van der Waals surface area (Å²) in [5.41, 5.74) is 1.64. The fraction of sp³-hybridized carbons (Fsp3) is 0.294. The molecule has 5 heteroatoms. The molecular weight excluding hydrogens is 280 g/mol. The van der Waals surface area contributed by atoms with Crippen LogP contribution < -0.4 is 14.8 Å². The first kappa shape index (κ1) is 13.1. The summed E-state index contributed by atoms with van der Waals surface area (Å²) in [7, 11) is 0. The van der Waals surface area contributed by atoms with Gasteiger partial charge in [0.1, 0.15) is 0 Å². The van der Waals surface area contributed by atoms with Crippen LogP contribution in [0.3, 0.4) is 0 Å². The lowest BCUT2D eigenvalue weighted by Gasteiger charge is -2.16. The average molecular weight is 296 g/mol. The lowest BCUT2D eigenvalue weighted by molar-refractivity contribution is -0.123. The van der Waals surface area contributed by atoms with Crippen LogP contribution >= 0.6 is 0 Å². The molecule has 2 aliphatic rings. The fourth-order valence-corrected chi connectivity index (χ4v) is 2.82. The summed E-state index contributed by atoms with van der Waals surface area (Å²) in [5.74, 6) is 1.55. The molecule has 1 aromatic carbocycles. The molecule has 0 radical (unpaired) electrons. The average Bonchev–Trinajstić information content (AvgIpc) is 3.25. The molecule has 22 heavy (non-hydrogen) atoms. The van der Waals surface area contributed by atoms with Crippen molar-refractivity contribution in [3.05, 3.63) is 53.9 Å². The van der Waals surface area contributed by atoms with E-state index in [-0.39, 0.29) is 12.7 Å². The highest BCUT2D eigenvalue weighted by atomic mass is 16.7. The summed E-state index contributed by atoms with van der Waals surface area (Å²) in [6.45, 7) is 0.772. The van der Waals surface area contributed by atoms with Crippen LogP contribution in [0.15, 0.2) is 42.7 Å². The summed E-state index contributed by atoms with van der Waals surface area (Å²) >= 11 is 0. The Labute approximate surface area is 128 Å². The fourth-order valence-electron chi connectivity index (χ4n) is 2.82. The number of nitrogens with zero attached hydrogens (tertiary/aromatic N) is 1. The van der Waals surface area contributed by atoms with E-state index in [0.717, 1.165) is 35.5 Å². The number of rotatable bonds is 4. The van der Waals surface area contributed by atoms with Gasteiger partial charge < -0.3 is 14.8 Å². The number of pyridine rings is 1. The van der Waals surface area contributed by atoms with Crippen molar-refractivity contribution in [3.8, 4) is 11.5 Å². The number of ether oxygens (including phenoxy) is 2. The third-order valence-electron chi connectivity index (χ3n) is 4.31. The minimum atomic E-state index is -0.409. The van der Waals surface area contributed by atoms with Gasteiger partial charge in [0, 0.05) is 18.9 Å². The lowest BCUT2D eigenvalue weighted by Crippen LogP contribution is -2.34. The van der Waals surface area contributed by atoms with E-state index in [2.05, 4.69) is 10.3 Å². The molecule has 0 unspecified atom stereocenters. The first-order valence-electron chi connectivity index (χ1n) is 7.35. The maximum Gasteiger partial charge on any atom is 0.231 e. The van der Waals surface area contributed by atoms with E-state index in [0.29, 0.717) is 6.54 Å². The van der Waals surface area contributed by atoms with Gasteiger partial charge in [-0.3, -0.25) is 9.78 Å². The topological polar surface area (TPSA) is 60.5 Å². The van der Waals surface area contributed by atoms with Crippen molar-refractivity contribution in [3.63, 3.8) is 0 Å². The Morgan fingerprint density at radius 3 is 2.68 bits per heavy atom. The first-order chi connectivity index (χ1) is 10.8. The molecule has 1 aromatic heterocycles. The van der Waals surface area contributed by atoms with E-state index >= 15 is 0 Å². The quantitative estimate of drug-likeness (QED) is 0.939. The number of aromatic nitrogens is 1. The molecule has 0 atom stereocenters. The molecule has 0 bridgehead atoms. The number of hydrogen-bond acceptors (Lipinski definition) is 4. The van der Waals surface area contributed by atoms with Crippen LogP contribution in [0.1, 0.15) is 24.0 Å². The molecule has 1 amide bonds. The van der Waals surface area contributed by atoms with E-state index in [1.54, 1.807) is 12.4 Å². The van der Waals surface area contributed by atoms with Crippen molar-refractivity contribution in [2.75, 3.05) is 6.79 Å².